The molecule has 0 radical (unpaired) electrons. The summed E-state index contributed by atoms with van der Waals surface area (Å²) in [6.07, 6.45) is 7.21. The number of hydrogen-bond donors (Lipinski definition) is 0. The van der Waals surface area contributed by atoms with E-state index >= 15 is 0 Å². The Morgan fingerprint density at radius 1 is 1.29 bits per heavy atom. The van der Waals surface area contributed by atoms with Crippen LogP contribution in [0.3, 0.4) is 0 Å². The summed E-state index contributed by atoms with van der Waals surface area (Å²) in [5.74, 6) is -0.566. The molecule has 1 saturated heterocycles. The second-order valence-corrected chi connectivity index (χ2v) is 12.2. The summed E-state index contributed by atoms with van der Waals surface area (Å²) in [6, 6.07) is 0.0200. The number of hydrogen-bond acceptors (Lipinski definition) is 6. The minimum Gasteiger partial charge on any atom is -0.444 e. The first kappa shape index (κ1) is 24.3. The summed E-state index contributed by atoms with van der Waals surface area (Å²) in [5, 5.41) is 1.19. The lowest BCUT2D eigenvalue weighted by Gasteiger charge is -2.33. The van der Waals surface area contributed by atoms with E-state index in [1.807, 2.05) is 34.6 Å². The molecule has 0 N–H and O–H groups in total. The summed E-state index contributed by atoms with van der Waals surface area (Å²) in [4.78, 5) is 23.2. The van der Waals surface area contributed by atoms with Crippen molar-refractivity contribution in [2.24, 2.45) is 5.92 Å². The largest absolute Gasteiger partial charge is 0.444 e. The van der Waals surface area contributed by atoms with Crippen molar-refractivity contribution in [2.45, 2.75) is 77.1 Å². The van der Waals surface area contributed by atoms with E-state index in [0.29, 0.717) is 13.1 Å². The Hall–Kier alpha value is -1.43. The number of aromatic nitrogens is 3. The standard InChI is InChI=1S/C24H30ClIN4O4/c1-23(2,3)34-22(31)29-8-6-7-13(11-29)14-9-17(19-18(14)32-24(4,5)33-19)30-12-16(26)15-10-27-21(25)28-20(15)30/h7,10,12,14,17-19H,6,8-9,11H2,1-5H3/t14-,17-,18-,19+/m1/s1. The van der Waals surface area contributed by atoms with Gasteiger partial charge in [-0.15, -0.1) is 0 Å². The lowest BCUT2D eigenvalue weighted by molar-refractivity contribution is -0.158. The first-order chi connectivity index (χ1) is 15.9. The van der Waals surface area contributed by atoms with Crippen molar-refractivity contribution in [1.29, 1.82) is 0 Å². The third kappa shape index (κ3) is 4.56. The highest BCUT2D eigenvalue weighted by Gasteiger charge is 2.55. The van der Waals surface area contributed by atoms with Crippen LogP contribution >= 0.6 is 34.2 Å². The molecular formula is C24H30ClIN4O4. The smallest absolute Gasteiger partial charge is 0.410 e. The average molecular weight is 601 g/mol. The van der Waals surface area contributed by atoms with Gasteiger partial charge in [-0.3, -0.25) is 0 Å². The Labute approximate surface area is 218 Å². The Balaban J connectivity index is 1.45. The van der Waals surface area contributed by atoms with E-state index in [-0.39, 0.29) is 35.5 Å². The maximum absolute atomic E-state index is 12.8. The van der Waals surface area contributed by atoms with Crippen LogP contribution in [0.15, 0.2) is 24.0 Å². The number of nitrogens with zero attached hydrogens (tertiary/aromatic N) is 4. The van der Waals surface area contributed by atoms with E-state index < -0.39 is 11.4 Å². The lowest BCUT2D eigenvalue weighted by Crippen LogP contribution is -2.41. The zero-order chi connectivity index (χ0) is 24.4. The number of rotatable bonds is 2. The Morgan fingerprint density at radius 2 is 2.03 bits per heavy atom. The molecule has 0 spiro atoms. The molecule has 1 saturated carbocycles. The highest BCUT2D eigenvalue weighted by Crippen LogP contribution is 2.50. The number of halogens is 2. The van der Waals surface area contributed by atoms with Gasteiger partial charge in [-0.05, 0) is 87.2 Å². The third-order valence-corrected chi connectivity index (χ3v) is 7.63. The molecular weight excluding hydrogens is 571 g/mol. The van der Waals surface area contributed by atoms with Crippen molar-refractivity contribution in [2.75, 3.05) is 13.1 Å². The van der Waals surface area contributed by atoms with Gasteiger partial charge in [0.2, 0.25) is 5.28 Å². The van der Waals surface area contributed by atoms with Crippen molar-refractivity contribution < 1.29 is 19.0 Å². The van der Waals surface area contributed by atoms with Crippen molar-refractivity contribution in [3.05, 3.63) is 32.9 Å². The molecule has 4 heterocycles. The van der Waals surface area contributed by atoms with Crippen LogP contribution in [0.2, 0.25) is 5.28 Å². The zero-order valence-corrected chi connectivity index (χ0v) is 23.0. The molecule has 1 amide bonds. The topological polar surface area (TPSA) is 78.7 Å². The molecule has 34 heavy (non-hydrogen) atoms. The van der Waals surface area contributed by atoms with E-state index in [1.165, 1.54) is 5.57 Å². The Morgan fingerprint density at radius 3 is 2.76 bits per heavy atom. The van der Waals surface area contributed by atoms with E-state index in [1.54, 1.807) is 11.1 Å². The van der Waals surface area contributed by atoms with Crippen molar-refractivity contribution >= 4 is 51.3 Å². The van der Waals surface area contributed by atoms with Crippen LogP contribution in [0, 0.1) is 9.49 Å². The molecule has 10 heteroatoms. The van der Waals surface area contributed by atoms with E-state index in [9.17, 15) is 4.79 Å². The van der Waals surface area contributed by atoms with Crippen LogP contribution in [0.25, 0.3) is 11.0 Å². The monoisotopic (exact) mass is 600 g/mol. The van der Waals surface area contributed by atoms with E-state index in [0.717, 1.165) is 27.4 Å². The summed E-state index contributed by atoms with van der Waals surface area (Å²) in [7, 11) is 0. The predicted molar refractivity (Wildman–Crippen MR) is 137 cm³/mol. The second-order valence-electron chi connectivity index (χ2n) is 10.7. The summed E-state index contributed by atoms with van der Waals surface area (Å²) in [5.41, 5.74) is 1.48. The first-order valence-corrected chi connectivity index (χ1v) is 13.1. The quantitative estimate of drug-likeness (QED) is 0.263. The number of carbonyl (C=O) groups is 1. The van der Waals surface area contributed by atoms with Crippen molar-refractivity contribution in [3.63, 3.8) is 0 Å². The summed E-state index contributed by atoms with van der Waals surface area (Å²) in [6.45, 7) is 10.8. The van der Waals surface area contributed by atoms with Gasteiger partial charge >= 0.3 is 6.09 Å². The van der Waals surface area contributed by atoms with Gasteiger partial charge in [0.15, 0.2) is 5.79 Å². The highest BCUT2D eigenvalue weighted by atomic mass is 127. The van der Waals surface area contributed by atoms with Crippen LogP contribution in [0.1, 0.15) is 53.5 Å². The fourth-order valence-electron chi connectivity index (χ4n) is 5.33. The van der Waals surface area contributed by atoms with Crippen molar-refractivity contribution in [3.8, 4) is 0 Å². The zero-order valence-electron chi connectivity index (χ0n) is 20.0. The highest BCUT2D eigenvalue weighted by molar-refractivity contribution is 14.1. The maximum atomic E-state index is 12.8. The van der Waals surface area contributed by atoms with Gasteiger partial charge in [0.05, 0.1) is 17.5 Å². The molecule has 0 bridgehead atoms. The average Bonchev–Trinajstić information content (AvgIpc) is 3.34. The van der Waals surface area contributed by atoms with E-state index in [2.05, 4.69) is 49.4 Å². The molecule has 2 fully saturated rings. The van der Waals surface area contributed by atoms with Crippen molar-refractivity contribution in [1.82, 2.24) is 19.4 Å². The summed E-state index contributed by atoms with van der Waals surface area (Å²) >= 11 is 8.46. The SMILES string of the molecule is CC(C)(C)OC(=O)N1CCC=C([C@H]2C[C@@H](n3cc(I)c4cnc(Cl)nc43)[C@@H]3OC(C)(C)O[C@@H]32)C1. The molecule has 1 aliphatic carbocycles. The minimum atomic E-state index is -0.685. The predicted octanol–water partition coefficient (Wildman–Crippen LogP) is 5.34. The Kier molecular flexibility index (Phi) is 6.14. The molecule has 2 aliphatic heterocycles. The molecule has 8 nitrogen and oxygen atoms in total. The number of amides is 1. The second kappa shape index (κ2) is 8.60. The molecule has 2 aromatic rings. The van der Waals surface area contributed by atoms with Crippen LogP contribution in [-0.2, 0) is 14.2 Å². The van der Waals surface area contributed by atoms with Gasteiger partial charge in [-0.2, -0.15) is 4.98 Å². The normalized spacial score (nSPS) is 28.8. The minimum absolute atomic E-state index is 0.0200. The molecule has 5 rings (SSSR count). The van der Waals surface area contributed by atoms with Gasteiger partial charge in [-0.25, -0.2) is 9.78 Å². The van der Waals surface area contributed by atoms with Gasteiger partial charge < -0.3 is 23.7 Å². The molecule has 0 aromatic carbocycles. The van der Waals surface area contributed by atoms with Gasteiger partial charge in [-0.1, -0.05) is 6.08 Å². The van der Waals surface area contributed by atoms with Crippen LogP contribution in [0.4, 0.5) is 4.79 Å². The fourth-order valence-corrected chi connectivity index (χ4v) is 6.14. The molecule has 4 atom stereocenters. The number of carbonyl (C=O) groups excluding carboxylic acids is 1. The van der Waals surface area contributed by atoms with Crippen LogP contribution < -0.4 is 0 Å². The third-order valence-electron chi connectivity index (χ3n) is 6.59. The summed E-state index contributed by atoms with van der Waals surface area (Å²) < 4.78 is 21.7. The molecule has 0 unspecified atom stereocenters. The maximum Gasteiger partial charge on any atom is 0.410 e. The number of fused-ring (bicyclic) bond motifs is 2. The van der Waals surface area contributed by atoms with Gasteiger partial charge in [0, 0.05) is 35.0 Å². The Bertz CT molecular complexity index is 1160. The van der Waals surface area contributed by atoms with E-state index in [4.69, 9.17) is 25.8 Å². The molecule has 184 valence electrons. The first-order valence-electron chi connectivity index (χ1n) is 11.6. The molecule has 2 aromatic heterocycles. The lowest BCUT2D eigenvalue weighted by atomic mass is 9.91. The van der Waals surface area contributed by atoms with Crippen LogP contribution in [0.5, 0.6) is 0 Å². The van der Waals surface area contributed by atoms with Gasteiger partial charge in [0.25, 0.3) is 0 Å². The molecule has 3 aliphatic rings. The fraction of sp³-hybridized carbons (Fsp3) is 0.625. The van der Waals surface area contributed by atoms with Crippen LogP contribution in [-0.4, -0.2) is 62.2 Å². The van der Waals surface area contributed by atoms with Gasteiger partial charge in [0.1, 0.15) is 17.4 Å². The number of ether oxygens (including phenoxy) is 3.